The van der Waals surface area contributed by atoms with E-state index in [9.17, 15) is 14.4 Å². The molecule has 6 nitrogen and oxygen atoms in total. The van der Waals surface area contributed by atoms with Crippen LogP contribution in [0.25, 0.3) is 0 Å². The highest BCUT2D eigenvalue weighted by molar-refractivity contribution is 9.11. The number of rotatable bonds is 5. The predicted molar refractivity (Wildman–Crippen MR) is 101 cm³/mol. The van der Waals surface area contributed by atoms with Crippen LogP contribution in [0, 0.1) is 29.1 Å². The first-order valence-corrected chi connectivity index (χ1v) is 10.7. The van der Waals surface area contributed by atoms with Crippen molar-refractivity contribution in [3.05, 3.63) is 23.2 Å². The molecule has 5 fully saturated rings. The van der Waals surface area contributed by atoms with Gasteiger partial charge in [-0.25, -0.2) is 0 Å². The number of esters is 2. The van der Waals surface area contributed by atoms with Crippen molar-refractivity contribution >= 4 is 33.7 Å². The minimum absolute atomic E-state index is 0.0238. The Kier molecular flexibility index (Phi) is 3.83. The molecule has 3 heterocycles. The van der Waals surface area contributed by atoms with Gasteiger partial charge in [-0.3, -0.25) is 14.4 Å². The molecule has 7 aliphatic rings. The number of ketones is 1. The molecule has 28 heavy (non-hydrogen) atoms. The van der Waals surface area contributed by atoms with Crippen molar-refractivity contribution in [2.75, 3.05) is 13.2 Å². The average molecular weight is 451 g/mol. The Balaban J connectivity index is 1.71. The van der Waals surface area contributed by atoms with Crippen LogP contribution in [0.5, 0.6) is 0 Å². The van der Waals surface area contributed by atoms with Gasteiger partial charge in [0.2, 0.25) is 5.60 Å². The third kappa shape index (κ3) is 1.86. The average Bonchev–Trinajstić information content (AvgIpc) is 3.04. The molecule has 0 aromatic rings. The number of Topliss-reactive ketones (excluding diaryl/α,β-unsaturated/α-hetero) is 1. The molecule has 7 rings (SSSR count). The molecule has 2 spiro atoms. The van der Waals surface area contributed by atoms with Crippen molar-refractivity contribution in [2.24, 2.45) is 29.1 Å². The van der Waals surface area contributed by atoms with Crippen LogP contribution in [0.1, 0.15) is 32.6 Å². The van der Waals surface area contributed by atoms with E-state index in [0.717, 1.165) is 10.9 Å². The molecule has 0 N–H and O–H groups in total. The summed E-state index contributed by atoms with van der Waals surface area (Å²) in [5.74, 6) is -1.99. The molecule has 3 aliphatic heterocycles. The largest absolute Gasteiger partial charge is 0.466 e. The van der Waals surface area contributed by atoms with Crippen LogP contribution in [0.3, 0.4) is 0 Å². The Morgan fingerprint density at radius 3 is 2.93 bits per heavy atom. The van der Waals surface area contributed by atoms with Gasteiger partial charge in [-0.2, -0.15) is 0 Å². The fraction of sp³-hybridized carbons (Fsp3) is 0.667. The monoisotopic (exact) mass is 450 g/mol. The Labute approximate surface area is 171 Å². The summed E-state index contributed by atoms with van der Waals surface area (Å²) in [6, 6.07) is 0. The van der Waals surface area contributed by atoms with Crippen LogP contribution in [0.4, 0.5) is 0 Å². The van der Waals surface area contributed by atoms with Gasteiger partial charge < -0.3 is 14.2 Å². The van der Waals surface area contributed by atoms with Gasteiger partial charge in [0.1, 0.15) is 5.60 Å². The zero-order valence-corrected chi connectivity index (χ0v) is 17.3. The van der Waals surface area contributed by atoms with Crippen molar-refractivity contribution in [1.82, 2.24) is 0 Å². The third-order valence-electron chi connectivity index (χ3n) is 7.75. The van der Waals surface area contributed by atoms with E-state index in [1.807, 2.05) is 6.08 Å². The van der Waals surface area contributed by atoms with E-state index in [4.69, 9.17) is 14.2 Å². The SMILES string of the molecule is C=C(Br)CCC1(C(=O)OCC)C2C=CC34OCC(CC13)[C@H]1CC(=O)OC14C2=O. The van der Waals surface area contributed by atoms with Crippen molar-refractivity contribution in [2.45, 2.75) is 43.8 Å². The lowest BCUT2D eigenvalue weighted by Gasteiger charge is -2.70. The lowest BCUT2D eigenvalue weighted by Crippen LogP contribution is -2.84. The van der Waals surface area contributed by atoms with Crippen molar-refractivity contribution in [1.29, 1.82) is 0 Å². The summed E-state index contributed by atoms with van der Waals surface area (Å²) < 4.78 is 18.4. The van der Waals surface area contributed by atoms with E-state index in [1.54, 1.807) is 13.0 Å². The van der Waals surface area contributed by atoms with Crippen LogP contribution in [-0.2, 0) is 28.6 Å². The molecule has 0 amide bonds. The van der Waals surface area contributed by atoms with Gasteiger partial charge in [0.15, 0.2) is 5.78 Å². The summed E-state index contributed by atoms with van der Waals surface area (Å²) in [5, 5.41) is 0. The van der Waals surface area contributed by atoms with Crippen molar-refractivity contribution < 1.29 is 28.6 Å². The Hall–Kier alpha value is -1.47. The molecule has 6 unspecified atom stereocenters. The number of halogens is 1. The fourth-order valence-electron chi connectivity index (χ4n) is 6.82. The smallest absolute Gasteiger partial charge is 0.313 e. The summed E-state index contributed by atoms with van der Waals surface area (Å²) in [6.45, 7) is 6.40. The number of carbonyl (C=O) groups excluding carboxylic acids is 3. The Morgan fingerprint density at radius 1 is 1.43 bits per heavy atom. The van der Waals surface area contributed by atoms with Crippen LogP contribution in [0.15, 0.2) is 23.2 Å². The zero-order valence-electron chi connectivity index (χ0n) is 15.7. The van der Waals surface area contributed by atoms with Gasteiger partial charge in [0, 0.05) is 11.8 Å². The van der Waals surface area contributed by atoms with Gasteiger partial charge in [-0.1, -0.05) is 34.7 Å². The molecule has 0 radical (unpaired) electrons. The number of allylic oxidation sites excluding steroid dienone is 2. The second-order valence-electron chi connectivity index (χ2n) is 8.65. The van der Waals surface area contributed by atoms with E-state index >= 15 is 0 Å². The molecule has 4 aliphatic carbocycles. The molecule has 150 valence electrons. The second kappa shape index (κ2) is 5.79. The summed E-state index contributed by atoms with van der Waals surface area (Å²) in [5.41, 5.74) is -3.38. The molecule has 5 bridgehead atoms. The maximum Gasteiger partial charge on any atom is 0.313 e. The maximum absolute atomic E-state index is 13.8. The second-order valence-corrected chi connectivity index (χ2v) is 9.77. The predicted octanol–water partition coefficient (Wildman–Crippen LogP) is 2.70. The quantitative estimate of drug-likeness (QED) is 0.473. The molecule has 0 aromatic heterocycles. The highest BCUT2D eigenvalue weighted by Crippen LogP contribution is 2.72. The van der Waals surface area contributed by atoms with E-state index in [2.05, 4.69) is 22.5 Å². The van der Waals surface area contributed by atoms with Crippen molar-refractivity contribution in [3.63, 3.8) is 0 Å². The molecular weight excluding hydrogens is 428 g/mol. The minimum atomic E-state index is -1.28. The zero-order chi connectivity index (χ0) is 19.9. The van der Waals surface area contributed by atoms with Gasteiger partial charge in [0.05, 0.1) is 31.0 Å². The molecule has 7 atom stereocenters. The van der Waals surface area contributed by atoms with Crippen LogP contribution in [0.2, 0.25) is 0 Å². The molecule has 0 aromatic carbocycles. The Bertz CT molecular complexity index is 835. The summed E-state index contributed by atoms with van der Waals surface area (Å²) >= 11 is 3.39. The number of carbonyl (C=O) groups is 3. The van der Waals surface area contributed by atoms with Gasteiger partial charge in [-0.15, -0.1) is 0 Å². The lowest BCUT2D eigenvalue weighted by molar-refractivity contribution is -0.310. The first kappa shape index (κ1) is 18.6. The molecular formula is C21H23BrO6. The molecule has 7 heteroatoms. The van der Waals surface area contributed by atoms with Crippen LogP contribution >= 0.6 is 15.9 Å². The summed E-state index contributed by atoms with van der Waals surface area (Å²) in [7, 11) is 0. The van der Waals surface area contributed by atoms with Crippen molar-refractivity contribution in [3.8, 4) is 0 Å². The minimum Gasteiger partial charge on any atom is -0.466 e. The van der Waals surface area contributed by atoms with E-state index in [1.165, 1.54) is 0 Å². The first-order chi connectivity index (χ1) is 13.3. The third-order valence-corrected chi connectivity index (χ3v) is 8.15. The van der Waals surface area contributed by atoms with E-state index in [0.29, 0.717) is 19.4 Å². The highest BCUT2D eigenvalue weighted by atomic mass is 79.9. The van der Waals surface area contributed by atoms with Gasteiger partial charge >= 0.3 is 11.9 Å². The number of ether oxygens (including phenoxy) is 3. The van der Waals surface area contributed by atoms with Crippen LogP contribution < -0.4 is 0 Å². The topological polar surface area (TPSA) is 78.9 Å². The number of hydrogen-bond acceptors (Lipinski definition) is 6. The lowest BCUT2D eigenvalue weighted by atomic mass is 9.37. The standard InChI is InChI=1S/C21H23BrO6/c1-3-26-18(25)19(6-4-11(2)22)13-5-7-20-15(19)8-12(10-27-20)14-9-16(23)28-21(14,20)17(13)24/h5,7,12-15H,2-4,6,8-10H2,1H3/t12?,13?,14-,15?,19?,20?,21?/m1/s1. The Morgan fingerprint density at radius 2 is 2.21 bits per heavy atom. The van der Waals surface area contributed by atoms with Gasteiger partial charge in [-0.05, 0) is 36.6 Å². The number of fused-ring (bicyclic) bond motifs is 1. The maximum atomic E-state index is 13.8. The summed E-state index contributed by atoms with van der Waals surface area (Å²) in [6.07, 6.45) is 5.67. The molecule has 3 saturated heterocycles. The van der Waals surface area contributed by atoms with E-state index in [-0.39, 0.29) is 48.5 Å². The fourth-order valence-corrected chi connectivity index (χ4v) is 7.02. The summed E-state index contributed by atoms with van der Waals surface area (Å²) in [4.78, 5) is 39.5. The van der Waals surface area contributed by atoms with E-state index < -0.39 is 22.5 Å². The number of hydrogen-bond donors (Lipinski definition) is 0. The van der Waals surface area contributed by atoms with Crippen LogP contribution in [-0.4, -0.2) is 42.1 Å². The molecule has 2 saturated carbocycles. The van der Waals surface area contributed by atoms with Gasteiger partial charge in [0.25, 0.3) is 0 Å². The normalized spacial score (nSPS) is 47.1. The first-order valence-electron chi connectivity index (χ1n) is 9.93. The highest BCUT2D eigenvalue weighted by Gasteiger charge is 2.85.